The van der Waals surface area contributed by atoms with Crippen LogP contribution in [0.25, 0.3) is 0 Å². The van der Waals surface area contributed by atoms with E-state index in [-0.39, 0.29) is 12.5 Å². The molecule has 5 nitrogen and oxygen atoms in total. The van der Waals surface area contributed by atoms with Gasteiger partial charge in [-0.2, -0.15) is 0 Å². The van der Waals surface area contributed by atoms with E-state index in [4.69, 9.17) is 0 Å². The number of nitrogens with zero attached hydrogens (tertiary/aromatic N) is 1. The third-order valence-corrected chi connectivity index (χ3v) is 5.73. The number of benzene rings is 3. The molecule has 1 N–H and O–H groups in total. The molecule has 0 aliphatic heterocycles. The lowest BCUT2D eigenvalue weighted by molar-refractivity contribution is 0.102. The monoisotopic (exact) mass is 408 g/mol. The van der Waals surface area contributed by atoms with Crippen LogP contribution in [0.5, 0.6) is 0 Å². The minimum absolute atomic E-state index is 0.198. The number of amides is 1. The zero-order chi connectivity index (χ0) is 21.0. The first-order valence-corrected chi connectivity index (χ1v) is 11.1. The Kier molecular flexibility index (Phi) is 6.03. The normalized spacial score (nSPS) is 11.1. The molecule has 0 atom stereocenters. The third kappa shape index (κ3) is 5.23. The van der Waals surface area contributed by atoms with Crippen LogP contribution in [0.4, 0.5) is 11.4 Å². The van der Waals surface area contributed by atoms with Crippen molar-refractivity contribution in [3.05, 3.63) is 95.1 Å². The van der Waals surface area contributed by atoms with Crippen LogP contribution < -0.4 is 9.62 Å². The Morgan fingerprint density at radius 1 is 0.931 bits per heavy atom. The number of hydrogen-bond acceptors (Lipinski definition) is 3. The second kappa shape index (κ2) is 8.49. The fourth-order valence-corrected chi connectivity index (χ4v) is 3.96. The van der Waals surface area contributed by atoms with Gasteiger partial charge in [-0.1, -0.05) is 42.5 Å². The van der Waals surface area contributed by atoms with Gasteiger partial charge in [-0.3, -0.25) is 9.10 Å². The maximum atomic E-state index is 12.4. The first-order valence-electron chi connectivity index (χ1n) is 9.24. The van der Waals surface area contributed by atoms with Crippen molar-refractivity contribution in [3.8, 4) is 0 Å². The summed E-state index contributed by atoms with van der Waals surface area (Å²) in [5, 5.41) is 2.84. The molecule has 0 fully saturated rings. The quantitative estimate of drug-likeness (QED) is 0.652. The van der Waals surface area contributed by atoms with E-state index in [0.29, 0.717) is 11.3 Å². The van der Waals surface area contributed by atoms with Crippen LogP contribution in [0.2, 0.25) is 0 Å². The van der Waals surface area contributed by atoms with Gasteiger partial charge < -0.3 is 5.32 Å². The van der Waals surface area contributed by atoms with Gasteiger partial charge in [0.2, 0.25) is 10.0 Å². The minimum atomic E-state index is -3.47. The van der Waals surface area contributed by atoms with Gasteiger partial charge in [0, 0.05) is 11.3 Å². The topological polar surface area (TPSA) is 66.5 Å². The second-order valence-electron chi connectivity index (χ2n) is 7.08. The number of sulfonamides is 1. The highest BCUT2D eigenvalue weighted by Crippen LogP contribution is 2.26. The summed E-state index contributed by atoms with van der Waals surface area (Å²) in [6.45, 7) is 4.03. The van der Waals surface area contributed by atoms with Crippen molar-refractivity contribution in [1.29, 1.82) is 0 Å². The number of anilines is 2. The van der Waals surface area contributed by atoms with Crippen LogP contribution in [0.1, 0.15) is 27.0 Å². The lowest BCUT2D eigenvalue weighted by Crippen LogP contribution is -2.30. The van der Waals surface area contributed by atoms with E-state index in [0.717, 1.165) is 22.4 Å². The Labute approximate surface area is 172 Å². The van der Waals surface area contributed by atoms with E-state index in [1.807, 2.05) is 62.4 Å². The number of para-hydroxylation sites is 1. The minimum Gasteiger partial charge on any atom is -0.322 e. The maximum absolute atomic E-state index is 12.4. The van der Waals surface area contributed by atoms with Gasteiger partial charge in [0.1, 0.15) is 0 Å². The van der Waals surface area contributed by atoms with Gasteiger partial charge in [-0.05, 0) is 60.9 Å². The molecule has 0 radical (unpaired) electrons. The molecule has 29 heavy (non-hydrogen) atoms. The lowest BCUT2D eigenvalue weighted by Gasteiger charge is -2.25. The van der Waals surface area contributed by atoms with Gasteiger partial charge in [-0.15, -0.1) is 0 Å². The first-order chi connectivity index (χ1) is 13.7. The average molecular weight is 409 g/mol. The molecule has 0 aromatic heterocycles. The summed E-state index contributed by atoms with van der Waals surface area (Å²) in [7, 11) is -3.47. The van der Waals surface area contributed by atoms with Crippen molar-refractivity contribution in [2.45, 2.75) is 20.4 Å². The molecule has 1 amide bonds. The Morgan fingerprint density at radius 2 is 1.59 bits per heavy atom. The van der Waals surface area contributed by atoms with Crippen molar-refractivity contribution in [2.75, 3.05) is 15.9 Å². The molecule has 0 saturated heterocycles. The third-order valence-electron chi connectivity index (χ3n) is 4.61. The Hall–Kier alpha value is -3.12. The summed E-state index contributed by atoms with van der Waals surface area (Å²) in [6.07, 6.45) is 1.20. The second-order valence-corrected chi connectivity index (χ2v) is 8.98. The van der Waals surface area contributed by atoms with Crippen molar-refractivity contribution in [3.63, 3.8) is 0 Å². The first kappa shape index (κ1) is 20.6. The number of hydrogen-bond donors (Lipinski definition) is 1. The van der Waals surface area contributed by atoms with Crippen molar-refractivity contribution in [2.24, 2.45) is 0 Å². The SMILES string of the molecule is Cc1ccc(C)c(N(Cc2ccc(C(=O)Nc3ccccc3)cc2)S(C)(=O)=O)c1. The van der Waals surface area contributed by atoms with Crippen LogP contribution in [-0.4, -0.2) is 20.6 Å². The summed E-state index contributed by atoms with van der Waals surface area (Å²) in [5.41, 5.74) is 4.58. The van der Waals surface area contributed by atoms with E-state index in [1.54, 1.807) is 24.3 Å². The molecule has 0 heterocycles. The van der Waals surface area contributed by atoms with Gasteiger partial charge in [0.25, 0.3) is 5.91 Å². The zero-order valence-electron chi connectivity index (χ0n) is 16.7. The molecule has 0 aliphatic carbocycles. The summed E-state index contributed by atoms with van der Waals surface area (Å²) >= 11 is 0. The molecule has 0 aliphatic rings. The number of carbonyl (C=O) groups is 1. The molecule has 0 unspecified atom stereocenters. The van der Waals surface area contributed by atoms with Crippen LogP contribution in [0, 0.1) is 13.8 Å². The van der Waals surface area contributed by atoms with Crippen molar-refractivity contribution >= 4 is 27.3 Å². The Balaban J connectivity index is 1.81. The molecular formula is C23H24N2O3S. The van der Waals surface area contributed by atoms with Gasteiger partial charge in [0.15, 0.2) is 0 Å². The fraction of sp³-hybridized carbons (Fsp3) is 0.174. The Bertz CT molecular complexity index is 1110. The fourth-order valence-electron chi connectivity index (χ4n) is 3.02. The summed E-state index contributed by atoms with van der Waals surface area (Å²) in [6, 6.07) is 21.9. The van der Waals surface area contributed by atoms with E-state index in [2.05, 4.69) is 5.32 Å². The number of nitrogens with one attached hydrogen (secondary N) is 1. The molecular weight excluding hydrogens is 384 g/mol. The highest BCUT2D eigenvalue weighted by Gasteiger charge is 2.20. The van der Waals surface area contributed by atoms with Gasteiger partial charge >= 0.3 is 0 Å². The highest BCUT2D eigenvalue weighted by molar-refractivity contribution is 7.92. The number of carbonyl (C=O) groups excluding carboxylic acids is 1. The van der Waals surface area contributed by atoms with E-state index < -0.39 is 10.0 Å². The standard InChI is InChI=1S/C23H24N2O3S/c1-17-9-10-18(2)22(15-17)25(29(3,27)28)16-19-11-13-20(14-12-19)23(26)24-21-7-5-4-6-8-21/h4-15H,16H2,1-3H3,(H,24,26). The smallest absolute Gasteiger partial charge is 0.255 e. The highest BCUT2D eigenvalue weighted by atomic mass is 32.2. The molecule has 6 heteroatoms. The van der Waals surface area contributed by atoms with Crippen molar-refractivity contribution in [1.82, 2.24) is 0 Å². The zero-order valence-corrected chi connectivity index (χ0v) is 17.5. The van der Waals surface area contributed by atoms with Crippen LogP contribution in [0.15, 0.2) is 72.8 Å². The predicted molar refractivity (Wildman–Crippen MR) is 118 cm³/mol. The van der Waals surface area contributed by atoms with E-state index in [1.165, 1.54) is 10.6 Å². The van der Waals surface area contributed by atoms with Gasteiger partial charge in [-0.25, -0.2) is 8.42 Å². The lowest BCUT2D eigenvalue weighted by atomic mass is 10.1. The summed E-state index contributed by atoms with van der Waals surface area (Å²) in [5.74, 6) is -0.211. The van der Waals surface area contributed by atoms with Crippen LogP contribution in [-0.2, 0) is 16.6 Å². The largest absolute Gasteiger partial charge is 0.322 e. The molecule has 0 saturated carbocycles. The van der Waals surface area contributed by atoms with Gasteiger partial charge in [0.05, 0.1) is 18.5 Å². The molecule has 0 bridgehead atoms. The molecule has 3 aromatic carbocycles. The Morgan fingerprint density at radius 3 is 2.21 bits per heavy atom. The maximum Gasteiger partial charge on any atom is 0.255 e. The van der Waals surface area contributed by atoms with Crippen molar-refractivity contribution < 1.29 is 13.2 Å². The van der Waals surface area contributed by atoms with Crippen LogP contribution >= 0.6 is 0 Å². The number of aryl methyl sites for hydroxylation is 2. The predicted octanol–water partition coefficient (Wildman–Crippen LogP) is 4.52. The van der Waals surface area contributed by atoms with Crippen LogP contribution in [0.3, 0.4) is 0 Å². The summed E-state index contributed by atoms with van der Waals surface area (Å²) in [4.78, 5) is 12.4. The molecule has 150 valence electrons. The number of rotatable bonds is 6. The van der Waals surface area contributed by atoms with E-state index >= 15 is 0 Å². The summed E-state index contributed by atoms with van der Waals surface area (Å²) < 4.78 is 26.3. The molecule has 3 rings (SSSR count). The average Bonchev–Trinajstić information content (AvgIpc) is 2.68. The van der Waals surface area contributed by atoms with E-state index in [9.17, 15) is 13.2 Å². The molecule has 0 spiro atoms. The molecule has 3 aromatic rings.